The number of alkyl halides is 3. The molecule has 0 aliphatic carbocycles. The van der Waals surface area contributed by atoms with Crippen LogP contribution in [-0.2, 0) is 17.5 Å². The average Bonchev–Trinajstić information content (AvgIpc) is 2.91. The Hall–Kier alpha value is -1.93. The third kappa shape index (κ3) is 3.70. The van der Waals surface area contributed by atoms with Crippen LogP contribution in [0.15, 0.2) is 29.6 Å². The van der Waals surface area contributed by atoms with Gasteiger partial charge in [-0.25, -0.2) is 4.98 Å². The van der Waals surface area contributed by atoms with E-state index < -0.39 is 11.7 Å². The quantitative estimate of drug-likeness (QED) is 0.899. The molecule has 23 heavy (non-hydrogen) atoms. The molecule has 0 saturated carbocycles. The fraction of sp³-hybridized carbons (Fsp3) is 0.333. The molecule has 1 aromatic heterocycles. The zero-order valence-electron chi connectivity index (χ0n) is 12.0. The summed E-state index contributed by atoms with van der Waals surface area (Å²) in [4.78, 5) is 16.1. The van der Waals surface area contributed by atoms with Crippen LogP contribution >= 0.6 is 11.3 Å². The van der Waals surface area contributed by atoms with Crippen molar-refractivity contribution in [1.29, 1.82) is 0 Å². The summed E-state index contributed by atoms with van der Waals surface area (Å²) in [6.07, 6.45) is -4.34. The summed E-state index contributed by atoms with van der Waals surface area (Å²) >= 11 is 1.34. The van der Waals surface area contributed by atoms with Gasteiger partial charge in [0.25, 0.3) is 0 Å². The minimum absolute atomic E-state index is 0.00664. The molecule has 8 heteroatoms. The Balaban J connectivity index is 1.63. The summed E-state index contributed by atoms with van der Waals surface area (Å²) in [5.41, 5.74) is 0.647. The molecule has 2 N–H and O–H groups in total. The van der Waals surface area contributed by atoms with Gasteiger partial charge in [0.15, 0.2) is 0 Å². The number of carbonyl (C=O) groups excluding carboxylic acids is 1. The third-order valence-electron chi connectivity index (χ3n) is 3.61. The fourth-order valence-corrected chi connectivity index (χ4v) is 2.94. The van der Waals surface area contributed by atoms with E-state index in [4.69, 9.17) is 0 Å². The molecule has 0 radical (unpaired) electrons. The molecule has 4 nitrogen and oxygen atoms in total. The SMILES string of the molecule is O=C(NCc1csc(-c2ccc(C(F)(F)F)cc2)n1)C1CNC1. The van der Waals surface area contributed by atoms with E-state index in [1.807, 2.05) is 0 Å². The molecule has 1 aliphatic rings. The molecule has 3 rings (SSSR count). The number of rotatable bonds is 4. The van der Waals surface area contributed by atoms with E-state index in [0.29, 0.717) is 35.9 Å². The van der Waals surface area contributed by atoms with Gasteiger partial charge in [0.2, 0.25) is 5.91 Å². The van der Waals surface area contributed by atoms with Gasteiger partial charge >= 0.3 is 6.18 Å². The van der Waals surface area contributed by atoms with Gasteiger partial charge < -0.3 is 10.6 Å². The molecule has 0 bridgehead atoms. The van der Waals surface area contributed by atoms with Crippen molar-refractivity contribution in [1.82, 2.24) is 15.6 Å². The highest BCUT2D eigenvalue weighted by Gasteiger charge is 2.30. The van der Waals surface area contributed by atoms with Gasteiger partial charge in [-0.15, -0.1) is 11.3 Å². The summed E-state index contributed by atoms with van der Waals surface area (Å²) < 4.78 is 37.6. The largest absolute Gasteiger partial charge is 0.416 e. The lowest BCUT2D eigenvalue weighted by Crippen LogP contribution is -2.50. The Morgan fingerprint density at radius 3 is 2.57 bits per heavy atom. The normalized spacial score (nSPS) is 15.3. The second-order valence-electron chi connectivity index (χ2n) is 5.29. The van der Waals surface area contributed by atoms with E-state index >= 15 is 0 Å². The molecule has 1 aromatic carbocycles. The maximum atomic E-state index is 12.5. The second-order valence-corrected chi connectivity index (χ2v) is 6.15. The Bertz CT molecular complexity index is 693. The van der Waals surface area contributed by atoms with Crippen molar-refractivity contribution < 1.29 is 18.0 Å². The monoisotopic (exact) mass is 341 g/mol. The molecule has 2 heterocycles. The summed E-state index contributed by atoms with van der Waals surface area (Å²) in [7, 11) is 0. The van der Waals surface area contributed by atoms with Gasteiger partial charge in [-0.3, -0.25) is 4.79 Å². The highest BCUT2D eigenvalue weighted by molar-refractivity contribution is 7.13. The zero-order valence-corrected chi connectivity index (χ0v) is 12.8. The first-order chi connectivity index (χ1) is 10.9. The number of hydrogen-bond acceptors (Lipinski definition) is 4. The first-order valence-electron chi connectivity index (χ1n) is 7.04. The lowest BCUT2D eigenvalue weighted by molar-refractivity contribution is -0.137. The Morgan fingerprint density at radius 2 is 2.00 bits per heavy atom. The van der Waals surface area contributed by atoms with Crippen LogP contribution in [0.3, 0.4) is 0 Å². The number of benzene rings is 1. The van der Waals surface area contributed by atoms with E-state index in [0.717, 1.165) is 12.1 Å². The maximum absolute atomic E-state index is 12.5. The van der Waals surface area contributed by atoms with Crippen LogP contribution in [0.1, 0.15) is 11.3 Å². The number of aromatic nitrogens is 1. The van der Waals surface area contributed by atoms with Gasteiger partial charge in [0.1, 0.15) is 5.01 Å². The van der Waals surface area contributed by atoms with E-state index in [1.165, 1.54) is 23.5 Å². The van der Waals surface area contributed by atoms with Crippen molar-refractivity contribution in [3.63, 3.8) is 0 Å². The van der Waals surface area contributed by atoms with E-state index in [1.54, 1.807) is 5.38 Å². The number of nitrogens with one attached hydrogen (secondary N) is 2. The minimum Gasteiger partial charge on any atom is -0.350 e. The molecule has 1 amide bonds. The predicted molar refractivity (Wildman–Crippen MR) is 80.8 cm³/mol. The van der Waals surface area contributed by atoms with Crippen LogP contribution in [0, 0.1) is 5.92 Å². The number of nitrogens with zero attached hydrogens (tertiary/aromatic N) is 1. The Morgan fingerprint density at radius 1 is 1.30 bits per heavy atom. The van der Waals surface area contributed by atoms with Crippen molar-refractivity contribution in [2.45, 2.75) is 12.7 Å². The van der Waals surface area contributed by atoms with Gasteiger partial charge in [0.05, 0.1) is 23.7 Å². The minimum atomic E-state index is -4.34. The zero-order chi connectivity index (χ0) is 16.4. The summed E-state index contributed by atoms with van der Waals surface area (Å²) in [5, 5.41) is 8.27. The number of amides is 1. The summed E-state index contributed by atoms with van der Waals surface area (Å²) in [5.74, 6) is 0.0100. The average molecular weight is 341 g/mol. The van der Waals surface area contributed by atoms with Crippen molar-refractivity contribution in [3.8, 4) is 10.6 Å². The molecule has 1 saturated heterocycles. The number of halogens is 3. The van der Waals surface area contributed by atoms with Crippen LogP contribution in [0.2, 0.25) is 0 Å². The van der Waals surface area contributed by atoms with E-state index in [9.17, 15) is 18.0 Å². The van der Waals surface area contributed by atoms with Crippen LogP contribution in [0.4, 0.5) is 13.2 Å². The maximum Gasteiger partial charge on any atom is 0.416 e. The lowest BCUT2D eigenvalue weighted by atomic mass is 10.0. The third-order valence-corrected chi connectivity index (χ3v) is 4.55. The van der Waals surface area contributed by atoms with E-state index in [-0.39, 0.29) is 11.8 Å². The molecule has 2 aromatic rings. The van der Waals surface area contributed by atoms with E-state index in [2.05, 4.69) is 15.6 Å². The molecule has 0 unspecified atom stereocenters. The Labute approximate surface area is 134 Å². The van der Waals surface area contributed by atoms with Gasteiger partial charge in [-0.05, 0) is 12.1 Å². The summed E-state index contributed by atoms with van der Waals surface area (Å²) in [6, 6.07) is 4.90. The number of hydrogen-bond donors (Lipinski definition) is 2. The first-order valence-corrected chi connectivity index (χ1v) is 7.92. The van der Waals surface area contributed by atoms with Crippen LogP contribution in [-0.4, -0.2) is 24.0 Å². The molecular formula is C15H14F3N3OS. The fourth-order valence-electron chi connectivity index (χ4n) is 2.12. The lowest BCUT2D eigenvalue weighted by Gasteiger charge is -2.25. The molecule has 0 atom stereocenters. The highest BCUT2D eigenvalue weighted by atomic mass is 32.1. The predicted octanol–water partition coefficient (Wildman–Crippen LogP) is 2.66. The molecular weight excluding hydrogens is 327 g/mol. The van der Waals surface area contributed by atoms with Gasteiger partial charge in [0, 0.05) is 24.0 Å². The van der Waals surface area contributed by atoms with Crippen molar-refractivity contribution in [2.24, 2.45) is 5.92 Å². The summed E-state index contributed by atoms with van der Waals surface area (Å²) in [6.45, 7) is 1.71. The molecule has 1 fully saturated rings. The number of carbonyl (C=O) groups is 1. The topological polar surface area (TPSA) is 54.0 Å². The second kappa shape index (κ2) is 6.29. The smallest absolute Gasteiger partial charge is 0.350 e. The van der Waals surface area contributed by atoms with Crippen molar-refractivity contribution in [3.05, 3.63) is 40.9 Å². The van der Waals surface area contributed by atoms with Gasteiger partial charge in [-0.1, -0.05) is 12.1 Å². The van der Waals surface area contributed by atoms with Crippen molar-refractivity contribution in [2.75, 3.05) is 13.1 Å². The first kappa shape index (κ1) is 15.9. The van der Waals surface area contributed by atoms with Gasteiger partial charge in [-0.2, -0.15) is 13.2 Å². The molecule has 122 valence electrons. The molecule has 1 aliphatic heterocycles. The van der Waals surface area contributed by atoms with Crippen LogP contribution < -0.4 is 10.6 Å². The van der Waals surface area contributed by atoms with Crippen LogP contribution in [0.25, 0.3) is 10.6 Å². The van der Waals surface area contributed by atoms with Crippen molar-refractivity contribution >= 4 is 17.2 Å². The highest BCUT2D eigenvalue weighted by Crippen LogP contribution is 2.31. The number of thiazole rings is 1. The Kier molecular flexibility index (Phi) is 4.36. The standard InChI is InChI=1S/C15H14F3N3OS/c16-15(17,18)11-3-1-9(2-4-11)14-21-12(8-23-14)7-20-13(22)10-5-19-6-10/h1-4,8,10,19H,5-7H2,(H,20,22). The molecule has 0 spiro atoms. The van der Waals surface area contributed by atoms with Crippen LogP contribution in [0.5, 0.6) is 0 Å².